The highest BCUT2D eigenvalue weighted by molar-refractivity contribution is 5.75. The molecule has 0 saturated heterocycles. The average Bonchev–Trinajstić information content (AvgIpc) is 3.56. The van der Waals surface area contributed by atoms with E-state index in [2.05, 4.69) is 40.3 Å². The number of nitrogens with zero attached hydrogens (tertiary/aromatic N) is 3. The lowest BCUT2D eigenvalue weighted by atomic mass is 9.93. The number of hydrogen-bond acceptors (Lipinski definition) is 4. The summed E-state index contributed by atoms with van der Waals surface area (Å²) in [5.41, 5.74) is 6.99. The van der Waals surface area contributed by atoms with Crippen molar-refractivity contribution in [2.45, 2.75) is 52.1 Å². The topological polar surface area (TPSA) is 70.4 Å². The van der Waals surface area contributed by atoms with E-state index in [1.807, 2.05) is 11.0 Å². The van der Waals surface area contributed by atoms with Crippen LogP contribution in [0.15, 0.2) is 42.0 Å². The number of hydrogen-bond donors (Lipinski definition) is 2. The normalized spacial score (nSPS) is 18.3. The minimum Gasteiger partial charge on any atom is -0.392 e. The van der Waals surface area contributed by atoms with Crippen molar-refractivity contribution in [3.05, 3.63) is 58.8 Å². The first kappa shape index (κ1) is 20.1. The van der Waals surface area contributed by atoms with Crippen LogP contribution in [-0.4, -0.2) is 38.8 Å². The summed E-state index contributed by atoms with van der Waals surface area (Å²) in [5, 5.41) is 17.8. The van der Waals surface area contributed by atoms with Crippen molar-refractivity contribution in [1.29, 1.82) is 0 Å². The summed E-state index contributed by atoms with van der Waals surface area (Å²) in [7, 11) is 0. The SMILES string of the molecule is CC(=O)N1CCc2c(c(Nc3cccc(C4=CC=C(CO)CC4)c3)nn2CC2CC2)C1. The molecule has 1 aromatic heterocycles. The standard InChI is InChI=1S/C25H30N4O2/c1-17(31)28-12-11-24-23(15-28)25(27-29(24)14-18-5-6-18)26-22-4-2-3-21(13-22)20-9-7-19(16-30)8-10-20/h2-4,7,9,13,18,30H,5-6,8,10-12,14-16H2,1H3,(H,26,27). The van der Waals surface area contributed by atoms with Gasteiger partial charge in [0.25, 0.3) is 0 Å². The summed E-state index contributed by atoms with van der Waals surface area (Å²) in [6.45, 7) is 4.15. The van der Waals surface area contributed by atoms with Gasteiger partial charge in [-0.15, -0.1) is 0 Å². The maximum atomic E-state index is 12.0. The first-order valence-corrected chi connectivity index (χ1v) is 11.3. The van der Waals surface area contributed by atoms with E-state index < -0.39 is 0 Å². The zero-order valence-electron chi connectivity index (χ0n) is 18.1. The number of aliphatic hydroxyl groups is 1. The monoisotopic (exact) mass is 418 g/mol. The Labute approximate surface area is 183 Å². The van der Waals surface area contributed by atoms with Crippen LogP contribution in [0.25, 0.3) is 5.57 Å². The van der Waals surface area contributed by atoms with Crippen LogP contribution < -0.4 is 5.32 Å². The number of nitrogens with one attached hydrogen (secondary N) is 1. The van der Waals surface area contributed by atoms with E-state index in [0.717, 1.165) is 60.9 Å². The zero-order valence-corrected chi connectivity index (χ0v) is 18.1. The van der Waals surface area contributed by atoms with E-state index in [1.54, 1.807) is 6.92 Å². The molecule has 5 rings (SSSR count). The third kappa shape index (κ3) is 4.30. The molecule has 0 unspecified atom stereocenters. The second-order valence-electron chi connectivity index (χ2n) is 8.97. The third-order valence-electron chi connectivity index (χ3n) is 6.64. The summed E-state index contributed by atoms with van der Waals surface area (Å²) in [6.07, 6.45) is 9.44. The second kappa shape index (κ2) is 8.35. The van der Waals surface area contributed by atoms with Gasteiger partial charge in [-0.05, 0) is 60.4 Å². The Kier molecular flexibility index (Phi) is 5.40. The van der Waals surface area contributed by atoms with Gasteiger partial charge in [0.05, 0.1) is 13.2 Å². The van der Waals surface area contributed by atoms with E-state index in [4.69, 9.17) is 5.10 Å². The van der Waals surface area contributed by atoms with Crippen molar-refractivity contribution in [1.82, 2.24) is 14.7 Å². The highest BCUT2D eigenvalue weighted by Gasteiger charge is 2.29. The van der Waals surface area contributed by atoms with E-state index in [9.17, 15) is 9.90 Å². The quantitative estimate of drug-likeness (QED) is 0.743. The number of carbonyl (C=O) groups is 1. The van der Waals surface area contributed by atoms with Crippen LogP contribution in [0.2, 0.25) is 0 Å². The van der Waals surface area contributed by atoms with Gasteiger partial charge < -0.3 is 15.3 Å². The van der Waals surface area contributed by atoms with Crippen molar-refractivity contribution < 1.29 is 9.90 Å². The number of aliphatic hydroxyl groups excluding tert-OH is 1. The van der Waals surface area contributed by atoms with Crippen molar-refractivity contribution in [3.63, 3.8) is 0 Å². The third-order valence-corrected chi connectivity index (χ3v) is 6.64. The molecule has 2 aromatic rings. The summed E-state index contributed by atoms with van der Waals surface area (Å²) < 4.78 is 2.18. The highest BCUT2D eigenvalue weighted by atomic mass is 16.3. The van der Waals surface area contributed by atoms with Crippen molar-refractivity contribution >= 4 is 23.0 Å². The largest absolute Gasteiger partial charge is 0.392 e. The minimum atomic E-state index is 0.119. The molecule has 6 heteroatoms. The van der Waals surface area contributed by atoms with Gasteiger partial charge in [-0.2, -0.15) is 5.10 Å². The van der Waals surface area contributed by atoms with Crippen LogP contribution in [0.1, 0.15) is 49.4 Å². The summed E-state index contributed by atoms with van der Waals surface area (Å²) in [6, 6.07) is 8.44. The van der Waals surface area contributed by atoms with Crippen LogP contribution in [0, 0.1) is 5.92 Å². The first-order chi connectivity index (χ1) is 15.1. The average molecular weight is 419 g/mol. The molecule has 0 atom stereocenters. The lowest BCUT2D eigenvalue weighted by Crippen LogP contribution is -2.34. The lowest BCUT2D eigenvalue weighted by molar-refractivity contribution is -0.129. The Balaban J connectivity index is 1.42. The maximum Gasteiger partial charge on any atom is 0.219 e. The molecule has 1 aliphatic heterocycles. The predicted molar refractivity (Wildman–Crippen MR) is 122 cm³/mol. The molecule has 1 aromatic carbocycles. The van der Waals surface area contributed by atoms with E-state index in [-0.39, 0.29) is 12.5 Å². The van der Waals surface area contributed by atoms with Crippen molar-refractivity contribution in [3.8, 4) is 0 Å². The molecule has 2 N–H and O–H groups in total. The van der Waals surface area contributed by atoms with E-state index in [1.165, 1.54) is 29.7 Å². The van der Waals surface area contributed by atoms with Crippen molar-refractivity contribution in [2.75, 3.05) is 18.5 Å². The molecule has 1 saturated carbocycles. The molecule has 2 aliphatic carbocycles. The molecule has 162 valence electrons. The Bertz CT molecular complexity index is 1060. The molecule has 6 nitrogen and oxygen atoms in total. The Hall–Kier alpha value is -2.86. The van der Waals surface area contributed by atoms with Gasteiger partial charge in [0.1, 0.15) is 0 Å². The summed E-state index contributed by atoms with van der Waals surface area (Å²) >= 11 is 0. The molecular weight excluding hydrogens is 388 g/mol. The van der Waals surface area contributed by atoms with Gasteiger partial charge in [-0.1, -0.05) is 24.3 Å². The summed E-state index contributed by atoms with van der Waals surface area (Å²) in [4.78, 5) is 13.9. The van der Waals surface area contributed by atoms with Gasteiger partial charge in [-0.25, -0.2) is 0 Å². The molecule has 0 radical (unpaired) electrons. The van der Waals surface area contributed by atoms with Crippen LogP contribution in [0.5, 0.6) is 0 Å². The molecule has 3 aliphatic rings. The smallest absolute Gasteiger partial charge is 0.219 e. The van der Waals surface area contributed by atoms with Gasteiger partial charge in [0.15, 0.2) is 5.82 Å². The first-order valence-electron chi connectivity index (χ1n) is 11.3. The molecule has 2 heterocycles. The van der Waals surface area contributed by atoms with E-state index in [0.29, 0.717) is 6.54 Å². The van der Waals surface area contributed by atoms with Crippen LogP contribution in [0.3, 0.4) is 0 Å². The highest BCUT2D eigenvalue weighted by Crippen LogP contribution is 2.35. The van der Waals surface area contributed by atoms with Crippen LogP contribution >= 0.6 is 0 Å². The molecule has 0 spiro atoms. The number of allylic oxidation sites excluding steroid dienone is 3. The Morgan fingerprint density at radius 1 is 1.23 bits per heavy atom. The predicted octanol–water partition coefficient (Wildman–Crippen LogP) is 4.04. The molecule has 31 heavy (non-hydrogen) atoms. The van der Waals surface area contributed by atoms with E-state index >= 15 is 0 Å². The van der Waals surface area contributed by atoms with Gasteiger partial charge >= 0.3 is 0 Å². The fourth-order valence-corrected chi connectivity index (χ4v) is 4.54. The number of carbonyl (C=O) groups excluding carboxylic acids is 1. The number of aromatic nitrogens is 2. The fraction of sp³-hybridized carbons (Fsp3) is 0.440. The lowest BCUT2D eigenvalue weighted by Gasteiger charge is -2.26. The molecule has 0 bridgehead atoms. The van der Waals surface area contributed by atoms with Gasteiger partial charge in [0, 0.05) is 43.4 Å². The van der Waals surface area contributed by atoms with Crippen LogP contribution in [-0.2, 0) is 24.3 Å². The molecule has 1 amide bonds. The molecular formula is C25H30N4O2. The van der Waals surface area contributed by atoms with Gasteiger partial charge in [0.2, 0.25) is 5.91 Å². The number of amides is 1. The number of fused-ring (bicyclic) bond motifs is 1. The number of benzene rings is 1. The Morgan fingerprint density at radius 2 is 2.10 bits per heavy atom. The maximum absolute atomic E-state index is 12.0. The Morgan fingerprint density at radius 3 is 2.81 bits per heavy atom. The van der Waals surface area contributed by atoms with Gasteiger partial charge in [-0.3, -0.25) is 9.48 Å². The molecule has 1 fully saturated rings. The zero-order chi connectivity index (χ0) is 21.4. The second-order valence-corrected chi connectivity index (χ2v) is 8.97. The minimum absolute atomic E-state index is 0.119. The van der Waals surface area contributed by atoms with Crippen molar-refractivity contribution in [2.24, 2.45) is 5.92 Å². The summed E-state index contributed by atoms with van der Waals surface area (Å²) in [5.74, 6) is 1.74. The fourth-order valence-electron chi connectivity index (χ4n) is 4.54. The number of anilines is 2. The number of rotatable bonds is 6. The van der Waals surface area contributed by atoms with Crippen LogP contribution in [0.4, 0.5) is 11.5 Å².